The largest absolute Gasteiger partial charge is 0.466 e. The molecule has 0 spiro atoms. The first-order chi connectivity index (χ1) is 9.56. The fourth-order valence-electron chi connectivity index (χ4n) is 2.40. The van der Waals surface area contributed by atoms with E-state index in [1.165, 1.54) is 0 Å². The molecule has 1 fully saturated rings. The molecular weight excluding hydrogens is 299 g/mol. The summed E-state index contributed by atoms with van der Waals surface area (Å²) in [5.41, 5.74) is 0.789. The zero-order valence-corrected chi connectivity index (χ0v) is 13.1. The third-order valence-electron chi connectivity index (χ3n) is 3.74. The zero-order valence-electron chi connectivity index (χ0n) is 11.6. The van der Waals surface area contributed by atoms with Gasteiger partial charge in [-0.2, -0.15) is 0 Å². The molecule has 0 amide bonds. The Morgan fingerprint density at radius 1 is 1.30 bits per heavy atom. The lowest BCUT2D eigenvalue weighted by molar-refractivity contribution is -0.145. The minimum absolute atomic E-state index is 0.0309. The molecule has 0 aromatic heterocycles. The maximum Gasteiger partial charge on any atom is 0.309 e. The molecule has 5 heteroatoms. The predicted molar refractivity (Wildman–Crippen MR) is 78.9 cm³/mol. The molecule has 1 saturated carbocycles. The van der Waals surface area contributed by atoms with Gasteiger partial charge in [-0.05, 0) is 30.9 Å². The van der Waals surface area contributed by atoms with Crippen LogP contribution in [0.5, 0.6) is 0 Å². The Hall–Kier alpha value is -0.770. The Morgan fingerprint density at radius 3 is 2.55 bits per heavy atom. The molecule has 1 aliphatic rings. The van der Waals surface area contributed by atoms with Crippen LogP contribution >= 0.6 is 23.2 Å². The summed E-state index contributed by atoms with van der Waals surface area (Å²) >= 11 is 12.1. The molecule has 110 valence electrons. The van der Waals surface area contributed by atoms with Crippen LogP contribution in [-0.2, 0) is 20.9 Å². The quantitative estimate of drug-likeness (QED) is 0.745. The number of ether oxygens (including phenoxy) is 2. The van der Waals surface area contributed by atoms with Gasteiger partial charge in [-0.25, -0.2) is 0 Å². The summed E-state index contributed by atoms with van der Waals surface area (Å²) in [7, 11) is 0. The van der Waals surface area contributed by atoms with E-state index in [-0.39, 0.29) is 17.8 Å². The minimum Gasteiger partial charge on any atom is -0.466 e. The lowest BCUT2D eigenvalue weighted by Crippen LogP contribution is -2.10. The minimum atomic E-state index is -0.121. The van der Waals surface area contributed by atoms with Gasteiger partial charge in [-0.15, -0.1) is 0 Å². The monoisotopic (exact) mass is 316 g/mol. The van der Waals surface area contributed by atoms with Crippen molar-refractivity contribution in [3.63, 3.8) is 0 Å². The third kappa shape index (κ3) is 3.46. The number of benzene rings is 1. The predicted octanol–water partition coefficient (Wildman–Crippen LogP) is 3.96. The molecule has 1 aromatic carbocycles. The van der Waals surface area contributed by atoms with Gasteiger partial charge in [0.05, 0.1) is 25.7 Å². The molecule has 0 radical (unpaired) electrons. The van der Waals surface area contributed by atoms with Crippen LogP contribution in [0, 0.1) is 17.8 Å². The SMILES string of the molecule is CCOC(=O)C1C(C)C1COCc1c(Cl)cccc1Cl. The second-order valence-electron chi connectivity index (χ2n) is 5.02. The fourth-order valence-corrected chi connectivity index (χ4v) is 2.90. The van der Waals surface area contributed by atoms with Gasteiger partial charge in [-0.3, -0.25) is 4.79 Å². The molecule has 1 aromatic rings. The number of esters is 1. The Morgan fingerprint density at radius 2 is 1.95 bits per heavy atom. The van der Waals surface area contributed by atoms with Gasteiger partial charge >= 0.3 is 5.97 Å². The number of hydrogen-bond acceptors (Lipinski definition) is 3. The highest BCUT2D eigenvalue weighted by Gasteiger charge is 2.52. The molecule has 3 atom stereocenters. The number of rotatable bonds is 6. The molecule has 20 heavy (non-hydrogen) atoms. The van der Waals surface area contributed by atoms with Crippen LogP contribution in [0.15, 0.2) is 18.2 Å². The van der Waals surface area contributed by atoms with Gasteiger partial charge in [0, 0.05) is 15.6 Å². The molecule has 2 rings (SSSR count). The normalized spacial score (nSPS) is 24.5. The molecule has 1 aliphatic carbocycles. The molecule has 0 bridgehead atoms. The van der Waals surface area contributed by atoms with Crippen molar-refractivity contribution in [3.8, 4) is 0 Å². The zero-order chi connectivity index (χ0) is 14.7. The van der Waals surface area contributed by atoms with Crippen molar-refractivity contribution >= 4 is 29.2 Å². The molecule has 3 unspecified atom stereocenters. The van der Waals surface area contributed by atoms with Crippen molar-refractivity contribution in [2.24, 2.45) is 17.8 Å². The van der Waals surface area contributed by atoms with Crippen molar-refractivity contribution in [2.75, 3.05) is 13.2 Å². The lowest BCUT2D eigenvalue weighted by Gasteiger charge is -2.08. The van der Waals surface area contributed by atoms with E-state index in [0.29, 0.717) is 35.8 Å². The van der Waals surface area contributed by atoms with Crippen molar-refractivity contribution in [3.05, 3.63) is 33.8 Å². The van der Waals surface area contributed by atoms with Crippen LogP contribution < -0.4 is 0 Å². The van der Waals surface area contributed by atoms with E-state index in [0.717, 1.165) is 5.56 Å². The molecule has 3 nitrogen and oxygen atoms in total. The first kappa shape index (κ1) is 15.6. The van der Waals surface area contributed by atoms with E-state index >= 15 is 0 Å². The van der Waals surface area contributed by atoms with Gasteiger partial charge in [0.1, 0.15) is 0 Å². The second-order valence-corrected chi connectivity index (χ2v) is 5.83. The number of halogens is 2. The highest BCUT2D eigenvalue weighted by atomic mass is 35.5. The van der Waals surface area contributed by atoms with E-state index in [4.69, 9.17) is 32.7 Å². The summed E-state index contributed by atoms with van der Waals surface area (Å²) in [6.07, 6.45) is 0. The smallest absolute Gasteiger partial charge is 0.309 e. The molecular formula is C15H18Cl2O3. The fraction of sp³-hybridized carbons (Fsp3) is 0.533. The van der Waals surface area contributed by atoms with Crippen LogP contribution in [0.3, 0.4) is 0 Å². The average Bonchev–Trinajstić information content (AvgIpc) is 3.04. The van der Waals surface area contributed by atoms with E-state index in [1.54, 1.807) is 18.2 Å². The summed E-state index contributed by atoms with van der Waals surface area (Å²) in [4.78, 5) is 11.6. The van der Waals surface area contributed by atoms with E-state index < -0.39 is 0 Å². The number of carbonyl (C=O) groups is 1. The molecule has 0 saturated heterocycles. The van der Waals surface area contributed by atoms with Crippen LogP contribution in [0.2, 0.25) is 10.0 Å². The Balaban J connectivity index is 1.81. The van der Waals surface area contributed by atoms with Gasteiger partial charge in [0.15, 0.2) is 0 Å². The second kappa shape index (κ2) is 6.79. The van der Waals surface area contributed by atoms with Gasteiger partial charge in [0.2, 0.25) is 0 Å². The van der Waals surface area contributed by atoms with E-state index in [1.807, 2.05) is 13.8 Å². The molecule has 0 heterocycles. The first-order valence-electron chi connectivity index (χ1n) is 6.73. The summed E-state index contributed by atoms with van der Waals surface area (Å²) in [5.74, 6) is 0.395. The van der Waals surface area contributed by atoms with Crippen LogP contribution in [0.4, 0.5) is 0 Å². The van der Waals surface area contributed by atoms with Crippen LogP contribution in [0.25, 0.3) is 0 Å². The maximum absolute atomic E-state index is 11.6. The van der Waals surface area contributed by atoms with Gasteiger partial charge < -0.3 is 9.47 Å². The Labute approximate surface area is 129 Å². The topological polar surface area (TPSA) is 35.5 Å². The first-order valence-corrected chi connectivity index (χ1v) is 7.49. The summed E-state index contributed by atoms with van der Waals surface area (Å²) < 4.78 is 10.7. The summed E-state index contributed by atoms with van der Waals surface area (Å²) in [6.45, 7) is 5.16. The van der Waals surface area contributed by atoms with Gasteiger partial charge in [-0.1, -0.05) is 36.2 Å². The van der Waals surface area contributed by atoms with E-state index in [9.17, 15) is 4.79 Å². The number of carbonyl (C=O) groups excluding carboxylic acids is 1. The number of hydrogen-bond donors (Lipinski definition) is 0. The Kier molecular flexibility index (Phi) is 5.30. The Bertz CT molecular complexity index is 470. The highest BCUT2D eigenvalue weighted by Crippen LogP contribution is 2.47. The summed E-state index contributed by atoms with van der Waals surface area (Å²) in [6, 6.07) is 5.37. The lowest BCUT2D eigenvalue weighted by atomic mass is 10.2. The van der Waals surface area contributed by atoms with Crippen LogP contribution in [0.1, 0.15) is 19.4 Å². The average molecular weight is 317 g/mol. The molecule has 0 N–H and O–H groups in total. The molecule has 0 aliphatic heterocycles. The van der Waals surface area contributed by atoms with Crippen LogP contribution in [-0.4, -0.2) is 19.2 Å². The van der Waals surface area contributed by atoms with Gasteiger partial charge in [0.25, 0.3) is 0 Å². The standard InChI is InChI=1S/C15H18Cl2O3/c1-3-20-15(18)14-9(2)10(14)7-19-8-11-12(16)5-4-6-13(11)17/h4-6,9-10,14H,3,7-8H2,1-2H3. The van der Waals surface area contributed by atoms with Crippen molar-refractivity contribution in [2.45, 2.75) is 20.5 Å². The summed E-state index contributed by atoms with van der Waals surface area (Å²) in [5, 5.41) is 1.20. The van der Waals surface area contributed by atoms with E-state index in [2.05, 4.69) is 0 Å². The van der Waals surface area contributed by atoms with Crippen molar-refractivity contribution in [1.29, 1.82) is 0 Å². The maximum atomic E-state index is 11.6. The van der Waals surface area contributed by atoms with Crippen molar-refractivity contribution in [1.82, 2.24) is 0 Å². The highest BCUT2D eigenvalue weighted by molar-refractivity contribution is 6.35. The third-order valence-corrected chi connectivity index (χ3v) is 4.45. The van der Waals surface area contributed by atoms with Crippen molar-refractivity contribution < 1.29 is 14.3 Å².